The highest BCUT2D eigenvalue weighted by atomic mass is 16.2. The van der Waals surface area contributed by atoms with Crippen LogP contribution in [0.15, 0.2) is 18.6 Å². The molecule has 0 aromatic carbocycles. The van der Waals surface area contributed by atoms with Gasteiger partial charge in [0.15, 0.2) is 0 Å². The number of nitrogens with one attached hydrogen (secondary N) is 1. The molecular weight excluding hydrogens is 326 g/mol. The third kappa shape index (κ3) is 11.7. The molecule has 0 atom stereocenters. The van der Waals surface area contributed by atoms with Crippen molar-refractivity contribution in [2.75, 3.05) is 0 Å². The van der Waals surface area contributed by atoms with Crippen molar-refractivity contribution in [2.24, 2.45) is 0 Å². The number of carbonyl (C=O) groups excluding carboxylic acids is 2. The maximum absolute atomic E-state index is 11.8. The van der Waals surface area contributed by atoms with Crippen molar-refractivity contribution >= 4 is 11.8 Å². The number of amides is 2. The molecule has 5 heteroatoms. The van der Waals surface area contributed by atoms with Gasteiger partial charge in [0, 0.05) is 18.8 Å². The highest BCUT2D eigenvalue weighted by molar-refractivity contribution is 6.03. The Bertz CT molecular complexity index is 491. The molecule has 146 valence electrons. The normalized spacial score (nSPS) is 10.7. The van der Waals surface area contributed by atoms with Gasteiger partial charge in [-0.15, -0.1) is 0 Å². The summed E-state index contributed by atoms with van der Waals surface area (Å²) in [4.78, 5) is 31.2. The second-order valence-corrected chi connectivity index (χ2v) is 6.96. The topological polar surface area (TPSA) is 72.0 Å². The van der Waals surface area contributed by atoms with Crippen molar-refractivity contribution in [1.29, 1.82) is 0 Å². The summed E-state index contributed by atoms with van der Waals surface area (Å²) in [7, 11) is 0. The Labute approximate surface area is 158 Å². The van der Waals surface area contributed by atoms with Crippen LogP contribution in [-0.2, 0) is 4.79 Å². The summed E-state index contributed by atoms with van der Waals surface area (Å²) in [6.07, 6.45) is 21.2. The molecule has 0 fully saturated rings. The van der Waals surface area contributed by atoms with Crippen LogP contribution in [0.5, 0.6) is 0 Å². The minimum atomic E-state index is -0.474. The van der Waals surface area contributed by atoms with E-state index in [1.54, 1.807) is 0 Å². The van der Waals surface area contributed by atoms with Gasteiger partial charge in [-0.25, -0.2) is 4.98 Å². The summed E-state index contributed by atoms with van der Waals surface area (Å²) >= 11 is 0. The summed E-state index contributed by atoms with van der Waals surface area (Å²) in [5.41, 5.74) is 0.172. The van der Waals surface area contributed by atoms with Gasteiger partial charge in [-0.1, -0.05) is 84.0 Å². The Morgan fingerprint density at radius 1 is 0.808 bits per heavy atom. The quantitative estimate of drug-likeness (QED) is 0.435. The van der Waals surface area contributed by atoms with Gasteiger partial charge in [0.05, 0.1) is 6.20 Å². The maximum Gasteiger partial charge on any atom is 0.278 e. The lowest BCUT2D eigenvalue weighted by molar-refractivity contribution is -0.120. The standard InChI is InChI=1S/C21H35N3O2/c1-2-3-4-5-6-7-8-9-10-11-12-13-14-15-20(25)24-21(26)19-18-22-16-17-23-19/h16-18H,2-15H2,1H3,(H,24,25,26). The Kier molecular flexibility index (Phi) is 13.2. The van der Waals surface area contributed by atoms with Gasteiger partial charge in [0.25, 0.3) is 5.91 Å². The lowest BCUT2D eigenvalue weighted by Gasteiger charge is -2.04. The molecule has 1 rings (SSSR count). The van der Waals surface area contributed by atoms with E-state index in [0.29, 0.717) is 6.42 Å². The lowest BCUT2D eigenvalue weighted by Crippen LogP contribution is -2.30. The number of carbonyl (C=O) groups is 2. The first kappa shape index (κ1) is 22.3. The minimum Gasteiger partial charge on any atom is -0.291 e. The van der Waals surface area contributed by atoms with Crippen molar-refractivity contribution in [3.63, 3.8) is 0 Å². The predicted octanol–water partition coefficient (Wildman–Crippen LogP) is 5.21. The molecule has 0 spiro atoms. The minimum absolute atomic E-state index is 0.172. The van der Waals surface area contributed by atoms with Crippen LogP contribution in [0.4, 0.5) is 0 Å². The summed E-state index contributed by atoms with van der Waals surface area (Å²) < 4.78 is 0. The van der Waals surface area contributed by atoms with Crippen LogP contribution in [0.3, 0.4) is 0 Å². The van der Waals surface area contributed by atoms with E-state index in [4.69, 9.17) is 0 Å². The van der Waals surface area contributed by atoms with E-state index >= 15 is 0 Å². The Balaban J connectivity index is 1.88. The van der Waals surface area contributed by atoms with Crippen LogP contribution in [0.25, 0.3) is 0 Å². The molecule has 2 amide bonds. The number of unbranched alkanes of at least 4 members (excludes halogenated alkanes) is 12. The van der Waals surface area contributed by atoms with E-state index in [9.17, 15) is 9.59 Å². The zero-order valence-electron chi connectivity index (χ0n) is 16.3. The van der Waals surface area contributed by atoms with E-state index in [-0.39, 0.29) is 11.6 Å². The van der Waals surface area contributed by atoms with E-state index in [1.807, 2.05) is 0 Å². The highest BCUT2D eigenvalue weighted by Gasteiger charge is 2.10. The Morgan fingerprint density at radius 3 is 1.85 bits per heavy atom. The smallest absolute Gasteiger partial charge is 0.278 e. The SMILES string of the molecule is CCCCCCCCCCCCCCCC(=O)NC(=O)c1cnccn1. The number of hydrogen-bond donors (Lipinski definition) is 1. The van der Waals surface area contributed by atoms with Gasteiger partial charge < -0.3 is 0 Å². The molecule has 0 aliphatic rings. The van der Waals surface area contributed by atoms with Crippen molar-refractivity contribution in [3.05, 3.63) is 24.3 Å². The molecule has 0 saturated carbocycles. The number of imide groups is 1. The van der Waals surface area contributed by atoms with E-state index in [2.05, 4.69) is 22.2 Å². The van der Waals surface area contributed by atoms with Crippen LogP contribution in [0, 0.1) is 0 Å². The summed E-state index contributed by atoms with van der Waals surface area (Å²) in [5, 5.41) is 2.36. The highest BCUT2D eigenvalue weighted by Crippen LogP contribution is 2.12. The molecule has 1 heterocycles. The van der Waals surface area contributed by atoms with Crippen molar-refractivity contribution in [1.82, 2.24) is 15.3 Å². The molecule has 0 radical (unpaired) electrons. The van der Waals surface area contributed by atoms with Crippen molar-refractivity contribution in [3.8, 4) is 0 Å². The van der Waals surface area contributed by atoms with Crippen LogP contribution in [0.1, 0.15) is 107 Å². The fourth-order valence-electron chi connectivity index (χ4n) is 2.97. The number of nitrogens with zero attached hydrogens (tertiary/aromatic N) is 2. The van der Waals surface area contributed by atoms with Gasteiger partial charge in [-0.3, -0.25) is 19.9 Å². The first-order valence-electron chi connectivity index (χ1n) is 10.3. The molecular formula is C21H35N3O2. The molecule has 1 aromatic rings. The van der Waals surface area contributed by atoms with E-state index in [0.717, 1.165) is 12.8 Å². The first-order chi connectivity index (χ1) is 12.7. The fourth-order valence-corrected chi connectivity index (χ4v) is 2.97. The third-order valence-corrected chi connectivity index (χ3v) is 4.56. The molecule has 0 aliphatic heterocycles. The molecule has 5 nitrogen and oxygen atoms in total. The monoisotopic (exact) mass is 361 g/mol. The molecule has 0 bridgehead atoms. The van der Waals surface area contributed by atoms with Gasteiger partial charge in [-0.05, 0) is 6.42 Å². The first-order valence-corrected chi connectivity index (χ1v) is 10.3. The second-order valence-electron chi connectivity index (χ2n) is 6.96. The second kappa shape index (κ2) is 15.5. The molecule has 1 N–H and O–H groups in total. The lowest BCUT2D eigenvalue weighted by atomic mass is 10.0. The zero-order valence-corrected chi connectivity index (χ0v) is 16.3. The van der Waals surface area contributed by atoms with Crippen molar-refractivity contribution in [2.45, 2.75) is 96.8 Å². The van der Waals surface area contributed by atoms with Crippen LogP contribution < -0.4 is 5.32 Å². The van der Waals surface area contributed by atoms with Crippen LogP contribution >= 0.6 is 0 Å². The fraction of sp³-hybridized carbons (Fsp3) is 0.714. The number of aromatic nitrogens is 2. The van der Waals surface area contributed by atoms with Gasteiger partial charge in [-0.2, -0.15) is 0 Å². The average Bonchev–Trinajstić information content (AvgIpc) is 2.66. The van der Waals surface area contributed by atoms with Gasteiger partial charge in [0.2, 0.25) is 5.91 Å². The molecule has 0 aliphatic carbocycles. The molecule has 26 heavy (non-hydrogen) atoms. The van der Waals surface area contributed by atoms with Gasteiger partial charge in [0.1, 0.15) is 5.69 Å². The van der Waals surface area contributed by atoms with Gasteiger partial charge >= 0.3 is 0 Å². The van der Waals surface area contributed by atoms with E-state index < -0.39 is 5.91 Å². The summed E-state index contributed by atoms with van der Waals surface area (Å²) in [5.74, 6) is -0.707. The van der Waals surface area contributed by atoms with Crippen LogP contribution in [-0.4, -0.2) is 21.8 Å². The molecule has 1 aromatic heterocycles. The number of hydrogen-bond acceptors (Lipinski definition) is 4. The molecule has 0 saturated heterocycles. The zero-order chi connectivity index (χ0) is 18.9. The summed E-state index contributed by atoms with van der Waals surface area (Å²) in [6.45, 7) is 2.26. The third-order valence-electron chi connectivity index (χ3n) is 4.56. The Morgan fingerprint density at radius 2 is 1.35 bits per heavy atom. The average molecular weight is 362 g/mol. The van der Waals surface area contributed by atoms with Crippen molar-refractivity contribution < 1.29 is 9.59 Å². The molecule has 0 unspecified atom stereocenters. The van der Waals surface area contributed by atoms with E-state index in [1.165, 1.54) is 89.2 Å². The Hall–Kier alpha value is -1.78. The predicted molar refractivity (Wildman–Crippen MR) is 105 cm³/mol. The largest absolute Gasteiger partial charge is 0.291 e. The summed E-state index contributed by atoms with van der Waals surface area (Å²) in [6, 6.07) is 0. The number of rotatable bonds is 15. The maximum atomic E-state index is 11.8. The van der Waals surface area contributed by atoms with Crippen LogP contribution in [0.2, 0.25) is 0 Å².